The monoisotopic (exact) mass is 585 g/mol. The van der Waals surface area contributed by atoms with Gasteiger partial charge in [0, 0.05) is 33.3 Å². The number of rotatable bonds is 14. The number of aliphatic hydroxyl groups excluding tert-OH is 1. The maximum atomic E-state index is 14.8. The number of likely N-dealkylation sites (N-methyl/N-ethyl adjacent to an activating group) is 1. The van der Waals surface area contributed by atoms with Crippen LogP contribution in [0.25, 0.3) is 0 Å². The minimum atomic E-state index is -1.11. The molecule has 3 heterocycles. The van der Waals surface area contributed by atoms with Crippen molar-refractivity contribution in [2.24, 2.45) is 11.8 Å². The largest absolute Gasteiger partial charge is 0.396 e. The van der Waals surface area contributed by atoms with Gasteiger partial charge in [-0.1, -0.05) is 55.7 Å². The molecule has 8 nitrogen and oxygen atoms in total. The highest BCUT2D eigenvalue weighted by atomic mass is 35.5. The van der Waals surface area contributed by atoms with Crippen molar-refractivity contribution in [1.29, 1.82) is 0 Å². The maximum absolute atomic E-state index is 14.8. The lowest BCUT2D eigenvalue weighted by molar-refractivity contribution is -0.150. The van der Waals surface area contributed by atoms with E-state index in [0.717, 1.165) is 18.4 Å². The van der Waals surface area contributed by atoms with E-state index in [1.807, 2.05) is 26.0 Å². The van der Waals surface area contributed by atoms with Crippen molar-refractivity contribution in [2.75, 3.05) is 38.2 Å². The van der Waals surface area contributed by atoms with Crippen LogP contribution in [0.4, 0.5) is 5.69 Å². The minimum absolute atomic E-state index is 0.123. The average Bonchev–Trinajstić information content (AvgIpc) is 3.55. The van der Waals surface area contributed by atoms with E-state index in [9.17, 15) is 19.5 Å². The summed E-state index contributed by atoms with van der Waals surface area (Å²) in [5.74, 6) is -2.04. The molecule has 0 aliphatic carbocycles. The van der Waals surface area contributed by atoms with Crippen LogP contribution in [0.3, 0.4) is 0 Å². The summed E-state index contributed by atoms with van der Waals surface area (Å²) in [4.78, 5) is 48.0. The Morgan fingerprint density at radius 1 is 1.15 bits per heavy atom. The molecule has 2 unspecified atom stereocenters. The summed E-state index contributed by atoms with van der Waals surface area (Å²) in [6, 6.07) is 4.59. The zero-order valence-corrected chi connectivity index (χ0v) is 25.4. The Hall–Kier alpha value is -2.68. The Morgan fingerprint density at radius 2 is 1.85 bits per heavy atom. The van der Waals surface area contributed by atoms with Gasteiger partial charge in [-0.25, -0.2) is 0 Å². The first kappa shape index (κ1) is 31.3. The van der Waals surface area contributed by atoms with Crippen LogP contribution in [0.2, 0.25) is 5.02 Å². The summed E-state index contributed by atoms with van der Waals surface area (Å²) < 4.78 is 6.91. The number of aryl methyl sites for hydroxylation is 1. The second-order valence-corrected chi connectivity index (χ2v) is 12.1. The summed E-state index contributed by atoms with van der Waals surface area (Å²) in [6.45, 7) is 12.6. The third kappa shape index (κ3) is 5.23. The summed E-state index contributed by atoms with van der Waals surface area (Å²) >= 11 is 6.65. The number of fused-ring (bicyclic) bond motifs is 1. The smallest absolute Gasteiger partial charge is 0.253 e. The van der Waals surface area contributed by atoms with Crippen LogP contribution in [-0.2, 0) is 19.1 Å². The molecule has 3 aliphatic heterocycles. The SMILES string of the molecule is C=CCN(C)C(=O)[C@@H]1[C@H]2C(=O)N(CCCCCCO)C(C(=O)N(CC=C)c3c(C)cccc3Cl)C23CC[C@@]1(CC)O3. The fourth-order valence-electron chi connectivity index (χ4n) is 7.41. The molecule has 1 spiro atoms. The van der Waals surface area contributed by atoms with Gasteiger partial charge in [-0.2, -0.15) is 0 Å². The maximum Gasteiger partial charge on any atom is 0.253 e. The topological polar surface area (TPSA) is 90.4 Å². The standard InChI is InChI=1S/C32H44ClN3O5/c1-6-18-34(5)28(38)24-25-29(39)36(20-11-9-10-12-21-37)27(32(25)17-16-31(24,8-3)41-32)30(40)35(19-7-2)26-22(4)14-13-15-23(26)33/h6-7,13-15,24-25,27,37H,1-2,8-12,16-21H2,3-5H3/t24-,25-,27?,31+,32?/m0/s1. The molecule has 0 saturated carbocycles. The van der Waals surface area contributed by atoms with Gasteiger partial charge in [0.05, 0.1) is 28.1 Å². The number of benzene rings is 1. The Balaban J connectivity index is 1.80. The minimum Gasteiger partial charge on any atom is -0.396 e. The van der Waals surface area contributed by atoms with Crippen molar-refractivity contribution in [3.63, 3.8) is 0 Å². The quantitative estimate of drug-likeness (QED) is 0.256. The van der Waals surface area contributed by atoms with E-state index in [1.165, 1.54) is 0 Å². The molecule has 224 valence electrons. The first-order valence-electron chi connectivity index (χ1n) is 14.8. The third-order valence-electron chi connectivity index (χ3n) is 9.30. The number of amides is 3. The molecule has 4 rings (SSSR count). The zero-order chi connectivity index (χ0) is 29.9. The number of aliphatic hydroxyl groups is 1. The second-order valence-electron chi connectivity index (χ2n) is 11.7. The van der Waals surface area contributed by atoms with Gasteiger partial charge in [0.2, 0.25) is 11.8 Å². The summed E-state index contributed by atoms with van der Waals surface area (Å²) in [5, 5.41) is 9.64. The number of ether oxygens (including phenoxy) is 1. The van der Waals surface area contributed by atoms with Gasteiger partial charge in [0.1, 0.15) is 11.6 Å². The zero-order valence-electron chi connectivity index (χ0n) is 24.6. The number of halogens is 1. The Morgan fingerprint density at radius 3 is 2.49 bits per heavy atom. The number of likely N-dealkylation sites (tertiary alicyclic amines) is 1. The van der Waals surface area contributed by atoms with Crippen molar-refractivity contribution in [1.82, 2.24) is 9.80 Å². The molecule has 3 amide bonds. The summed E-state index contributed by atoms with van der Waals surface area (Å²) in [5.41, 5.74) is -0.491. The normalized spacial score (nSPS) is 28.1. The molecule has 3 aliphatic rings. The molecule has 0 radical (unpaired) electrons. The van der Waals surface area contributed by atoms with E-state index in [2.05, 4.69) is 13.2 Å². The Bertz CT molecular complexity index is 1170. The number of carbonyl (C=O) groups is 3. The highest BCUT2D eigenvalue weighted by molar-refractivity contribution is 6.34. The van der Waals surface area contributed by atoms with E-state index in [-0.39, 0.29) is 30.9 Å². The predicted molar refractivity (Wildman–Crippen MR) is 161 cm³/mol. The Labute approximate surface area is 248 Å². The van der Waals surface area contributed by atoms with E-state index < -0.39 is 29.1 Å². The fraction of sp³-hybridized carbons (Fsp3) is 0.594. The number of carbonyl (C=O) groups excluding carboxylic acids is 3. The van der Waals surface area contributed by atoms with Gasteiger partial charge in [-0.15, -0.1) is 13.2 Å². The molecular weight excluding hydrogens is 542 g/mol. The molecule has 5 atom stereocenters. The van der Waals surface area contributed by atoms with E-state index in [0.29, 0.717) is 55.9 Å². The lowest BCUT2D eigenvalue weighted by atomic mass is 9.64. The number of hydrogen-bond acceptors (Lipinski definition) is 5. The molecule has 2 bridgehead atoms. The highest BCUT2D eigenvalue weighted by Crippen LogP contribution is 2.64. The van der Waals surface area contributed by atoms with Crippen LogP contribution >= 0.6 is 11.6 Å². The molecule has 3 saturated heterocycles. The van der Waals surface area contributed by atoms with Gasteiger partial charge in [0.15, 0.2) is 0 Å². The molecule has 1 aromatic rings. The lowest BCUT2D eigenvalue weighted by Gasteiger charge is -2.37. The molecule has 3 fully saturated rings. The van der Waals surface area contributed by atoms with Crippen molar-refractivity contribution in [3.8, 4) is 0 Å². The van der Waals surface area contributed by atoms with Crippen molar-refractivity contribution >= 4 is 35.0 Å². The number of para-hydroxylation sites is 1. The molecule has 41 heavy (non-hydrogen) atoms. The number of nitrogens with zero attached hydrogens (tertiary/aromatic N) is 3. The van der Waals surface area contributed by atoms with E-state index in [1.54, 1.807) is 40.0 Å². The summed E-state index contributed by atoms with van der Waals surface area (Å²) in [7, 11) is 1.72. The van der Waals surface area contributed by atoms with Gasteiger partial charge < -0.3 is 24.5 Å². The predicted octanol–water partition coefficient (Wildman–Crippen LogP) is 4.52. The average molecular weight is 586 g/mol. The van der Waals surface area contributed by atoms with Gasteiger partial charge >= 0.3 is 0 Å². The summed E-state index contributed by atoms with van der Waals surface area (Å²) in [6.07, 6.45) is 8.03. The second kappa shape index (κ2) is 12.7. The van der Waals surface area contributed by atoms with Crippen LogP contribution in [0.1, 0.15) is 57.4 Å². The highest BCUT2D eigenvalue weighted by Gasteiger charge is 2.79. The van der Waals surface area contributed by atoms with Gasteiger partial charge in [0.25, 0.3) is 5.91 Å². The molecule has 0 aromatic heterocycles. The van der Waals surface area contributed by atoms with Crippen LogP contribution in [-0.4, -0.2) is 83.2 Å². The number of anilines is 1. The molecule has 1 N–H and O–H groups in total. The first-order valence-corrected chi connectivity index (χ1v) is 15.2. The van der Waals surface area contributed by atoms with E-state index in [4.69, 9.17) is 16.3 Å². The van der Waals surface area contributed by atoms with Crippen LogP contribution < -0.4 is 4.90 Å². The number of unbranched alkanes of at least 4 members (excludes halogenated alkanes) is 3. The lowest BCUT2D eigenvalue weighted by Crippen LogP contribution is -2.56. The van der Waals surface area contributed by atoms with Crippen LogP contribution in [0.5, 0.6) is 0 Å². The Kier molecular flexibility index (Phi) is 9.66. The first-order chi connectivity index (χ1) is 19.6. The molecular formula is C32H44ClN3O5. The van der Waals surface area contributed by atoms with Gasteiger partial charge in [-0.05, 0) is 50.7 Å². The van der Waals surface area contributed by atoms with Crippen molar-refractivity contribution < 1.29 is 24.2 Å². The van der Waals surface area contributed by atoms with Gasteiger partial charge in [-0.3, -0.25) is 14.4 Å². The van der Waals surface area contributed by atoms with Crippen LogP contribution in [0, 0.1) is 18.8 Å². The van der Waals surface area contributed by atoms with Crippen molar-refractivity contribution in [2.45, 2.75) is 76.0 Å². The number of hydrogen-bond donors (Lipinski definition) is 1. The van der Waals surface area contributed by atoms with Crippen LogP contribution in [0.15, 0.2) is 43.5 Å². The molecule has 9 heteroatoms. The third-order valence-corrected chi connectivity index (χ3v) is 9.61. The van der Waals surface area contributed by atoms with E-state index >= 15 is 0 Å². The molecule has 1 aromatic carbocycles. The van der Waals surface area contributed by atoms with Crippen molar-refractivity contribution in [3.05, 3.63) is 54.1 Å². The fourth-order valence-corrected chi connectivity index (χ4v) is 7.74.